The molecule has 4 saturated carbocycles. The summed E-state index contributed by atoms with van der Waals surface area (Å²) in [5.74, 6) is -15.1. The Morgan fingerprint density at radius 2 is 0.931 bits per heavy atom. The average molecular weight is 1630 g/mol. The Labute approximate surface area is 665 Å². The second kappa shape index (κ2) is 38.7. The highest BCUT2D eigenvalue weighted by Crippen LogP contribution is 2.43. The highest BCUT2D eigenvalue weighted by atomic mass is 19.3. The van der Waals surface area contributed by atoms with Gasteiger partial charge in [-0.05, 0) is 147 Å². The number of fused-ring (bicyclic) bond motifs is 2. The van der Waals surface area contributed by atoms with Crippen LogP contribution in [0.3, 0.4) is 0 Å². The van der Waals surface area contributed by atoms with Crippen molar-refractivity contribution >= 4 is 57.9 Å². The number of halogens is 11. The first kappa shape index (κ1) is 85.2. The molecule has 2 aromatic carbocycles. The number of benzene rings is 2. The van der Waals surface area contributed by atoms with Crippen LogP contribution in [0.4, 0.5) is 106 Å². The molecule has 36 heteroatoms. The summed E-state index contributed by atoms with van der Waals surface area (Å²) in [6.45, 7) is 13.1. The largest absolute Gasteiger partial charge is 0.475 e. The summed E-state index contributed by atoms with van der Waals surface area (Å²) >= 11 is 0. The molecule has 0 amide bonds. The first-order chi connectivity index (χ1) is 55.6. The molecule has 3 saturated heterocycles. The van der Waals surface area contributed by atoms with Gasteiger partial charge in [0, 0.05) is 73.3 Å². The molecule has 7 fully saturated rings. The van der Waals surface area contributed by atoms with E-state index in [-0.39, 0.29) is 105 Å². The van der Waals surface area contributed by atoms with Crippen LogP contribution < -0.4 is 50.0 Å². The first-order valence-corrected chi connectivity index (χ1v) is 39.5. The van der Waals surface area contributed by atoms with Gasteiger partial charge in [-0.3, -0.25) is 9.36 Å². The van der Waals surface area contributed by atoms with E-state index in [2.05, 4.69) is 87.2 Å². The summed E-state index contributed by atoms with van der Waals surface area (Å²) in [4.78, 5) is 36.4. The van der Waals surface area contributed by atoms with Crippen LogP contribution in [0.25, 0.3) is 0 Å². The minimum absolute atomic E-state index is 0.0363. The number of ether oxygens (including phenoxy) is 6. The maximum Gasteiger partial charge on any atom is 0.255 e. The van der Waals surface area contributed by atoms with Gasteiger partial charge in [-0.25, -0.2) is 50.7 Å². The predicted octanol–water partition coefficient (Wildman–Crippen LogP) is 17.7. The predicted molar refractivity (Wildman–Crippen MR) is 411 cm³/mol. The van der Waals surface area contributed by atoms with Crippen molar-refractivity contribution in [2.45, 2.75) is 198 Å². The second-order valence-corrected chi connectivity index (χ2v) is 30.9. The molecule has 0 spiro atoms. The smallest absolute Gasteiger partial charge is 0.255 e. The van der Waals surface area contributed by atoms with Crippen molar-refractivity contribution in [3.63, 3.8) is 0 Å². The maximum atomic E-state index is 14.1. The Kier molecular flexibility index (Phi) is 28.4. The Hall–Kier alpha value is -10.2. The molecular formula is C80H98F11N19O6. The van der Waals surface area contributed by atoms with Crippen LogP contribution in [0.5, 0.6) is 23.5 Å². The van der Waals surface area contributed by atoms with Crippen LogP contribution in [0.1, 0.15) is 155 Å². The lowest BCUT2D eigenvalue weighted by molar-refractivity contribution is -0.0990. The van der Waals surface area contributed by atoms with Gasteiger partial charge >= 0.3 is 0 Å². The van der Waals surface area contributed by atoms with Crippen LogP contribution in [0.2, 0.25) is 0 Å². The number of nitrogens with zero attached hydrogens (tertiary/aromatic N) is 15. The molecule has 6 unspecified atom stereocenters. The lowest BCUT2D eigenvalue weighted by Gasteiger charge is -2.36. The van der Waals surface area contributed by atoms with Crippen LogP contribution in [-0.4, -0.2) is 161 Å². The van der Waals surface area contributed by atoms with E-state index in [1.165, 1.54) is 4.68 Å². The number of nitriles is 1. The van der Waals surface area contributed by atoms with Crippen LogP contribution in [-0.2, 0) is 15.0 Å². The standard InChI is InChI=1S/C23H27F3N4O2.C21H26F2N4O2.C19H23F3N6O.C17H22F3N5O/c24-20-11-27-22(29-21(20)32-12-15-3-1-2-10-23(15,25)26)28-16-4-6-17(7-5-16)30-18-8-9-19(30)14-31-13-18;22-18-4-2-1-3-15(18)14-29-20-19(23)13-24-21(26-20)25-16-5-7-17(8-6-16)27-9-11-28-12-10-27;1-12-15(9-28(27-12)18(2,3)11-23)25-17-24-8-14(20)16(26-17)29-10-13-6-4-5-7-19(13,21)22;1-11(2)25-9-13(7-22-25)23-16-21-8-14(18)15(24-16)26-10-12-5-3-4-6-17(12,19)20/h4-7,11,15,18-19H,1-3,8-10,12-14H2,(H,27,28,29);5-8,13,15,18H,1-4,9-12,14H2,(H,24,25,26);8-9,13H,4-7,10H2,1-3H3,(H,24,25,26);7-9,11-12H,3-6,10H2,1-2H3,(H,21,23,24)/t15-,18?,19?;;;/m1.../s1. The van der Waals surface area contributed by atoms with E-state index in [0.29, 0.717) is 80.5 Å². The van der Waals surface area contributed by atoms with Gasteiger partial charge in [0.2, 0.25) is 47.1 Å². The van der Waals surface area contributed by atoms with Gasteiger partial charge in [-0.2, -0.15) is 53.0 Å². The van der Waals surface area contributed by atoms with Crippen molar-refractivity contribution in [3.05, 3.63) is 121 Å². The first-order valence-electron chi connectivity index (χ1n) is 39.5. The van der Waals surface area contributed by atoms with Gasteiger partial charge in [-0.1, -0.05) is 32.1 Å². The van der Waals surface area contributed by atoms with Gasteiger partial charge in [-0.15, -0.1) is 0 Å². The quantitative estimate of drug-likeness (QED) is 0.0409. The van der Waals surface area contributed by atoms with E-state index in [1.807, 2.05) is 62.4 Å². The third-order valence-electron chi connectivity index (χ3n) is 21.6. The number of anilines is 10. The number of alkyl halides is 7. The number of nitrogens with one attached hydrogen (secondary N) is 4. The van der Waals surface area contributed by atoms with Crippen molar-refractivity contribution in [3.8, 4) is 29.6 Å². The molecule has 0 radical (unpaired) electrons. The van der Waals surface area contributed by atoms with Crippen molar-refractivity contribution in [1.29, 1.82) is 5.26 Å². The minimum atomic E-state index is -2.82. The molecule has 2 bridgehead atoms. The molecule has 8 aromatic rings. The minimum Gasteiger partial charge on any atom is -0.475 e. The monoisotopic (exact) mass is 1630 g/mol. The Morgan fingerprint density at radius 3 is 1.35 bits per heavy atom. The zero-order valence-electron chi connectivity index (χ0n) is 65.4. The molecule has 116 heavy (non-hydrogen) atoms. The molecule has 4 aliphatic carbocycles. The topological polar surface area (TPSA) is 273 Å². The van der Waals surface area contributed by atoms with Crippen molar-refractivity contribution in [2.75, 3.05) is 97.0 Å². The summed E-state index contributed by atoms with van der Waals surface area (Å²) in [6.07, 6.45) is 17.7. The fraction of sp³-hybridized carbons (Fsp3) is 0.562. The lowest BCUT2D eigenvalue weighted by atomic mass is 9.86. The van der Waals surface area contributed by atoms with Gasteiger partial charge in [0.25, 0.3) is 41.3 Å². The van der Waals surface area contributed by atoms with Gasteiger partial charge in [0.15, 0.2) is 0 Å². The molecule has 15 rings (SSSR count). The molecule has 7 atom stereocenters. The van der Waals surface area contributed by atoms with Crippen molar-refractivity contribution < 1.29 is 76.7 Å². The van der Waals surface area contributed by atoms with Crippen LogP contribution in [0.15, 0.2) is 91.9 Å². The SMILES string of the molecule is CC(C)n1cc(Nc2ncc(F)c(OCC3CCCCC3(F)F)n2)cn1.Cc1nn(C(C)(C)C#N)cc1Nc1ncc(F)c(OCC2CCCCC2(F)F)n1.Fc1cnc(Nc2ccc(N3C4CCC3COC4)cc2)nc1OC[C@H]1CCCCC1(F)F.Fc1cnc(Nc2ccc(N3CCOCC3)cc2)nc1OCC1CCCCC1F. The Morgan fingerprint density at radius 1 is 0.517 bits per heavy atom. The molecule has 626 valence electrons. The summed E-state index contributed by atoms with van der Waals surface area (Å²) in [5.41, 5.74) is 4.69. The third kappa shape index (κ3) is 22.7. The van der Waals surface area contributed by atoms with Gasteiger partial charge in [0.05, 0.1) is 143 Å². The maximum absolute atomic E-state index is 14.1. The van der Waals surface area contributed by atoms with E-state index in [9.17, 15) is 53.6 Å². The Balaban J connectivity index is 0.000000143. The summed E-state index contributed by atoms with van der Waals surface area (Å²) in [7, 11) is 0. The van der Waals surface area contributed by atoms with Crippen LogP contribution >= 0.6 is 0 Å². The highest BCUT2D eigenvalue weighted by Gasteiger charge is 2.45. The average Bonchev–Trinajstić information content (AvgIpc) is 1.62. The summed E-state index contributed by atoms with van der Waals surface area (Å²) in [6, 6.07) is 18.9. The summed E-state index contributed by atoms with van der Waals surface area (Å²) in [5, 5.41) is 29.6. The number of aromatic nitrogens is 12. The zero-order valence-corrected chi connectivity index (χ0v) is 65.4. The fourth-order valence-electron chi connectivity index (χ4n) is 14.7. The second-order valence-electron chi connectivity index (χ2n) is 30.9. The summed E-state index contributed by atoms with van der Waals surface area (Å²) < 4.78 is 189. The van der Waals surface area contributed by atoms with Crippen molar-refractivity contribution in [2.24, 2.45) is 23.7 Å². The molecule has 25 nitrogen and oxygen atoms in total. The fourth-order valence-corrected chi connectivity index (χ4v) is 14.7. The van der Waals surface area contributed by atoms with Gasteiger partial charge < -0.3 is 59.5 Å². The Bertz CT molecular complexity index is 4520. The molecule has 7 aliphatic rings. The normalized spacial score (nSPS) is 22.1. The zero-order chi connectivity index (χ0) is 82.2. The number of hydrogen-bond acceptors (Lipinski definition) is 23. The molecule has 9 heterocycles. The van der Waals surface area contributed by atoms with E-state index < -0.39 is 70.5 Å². The number of rotatable bonds is 24. The van der Waals surface area contributed by atoms with E-state index in [4.69, 9.17) is 28.4 Å². The number of hydrogen-bond donors (Lipinski definition) is 4. The number of morpholine rings is 2. The number of aryl methyl sites for hydroxylation is 1. The van der Waals surface area contributed by atoms with Gasteiger partial charge in [0.1, 0.15) is 11.7 Å². The van der Waals surface area contributed by atoms with Crippen LogP contribution in [0, 0.1) is 65.2 Å². The molecule has 3 aliphatic heterocycles. The highest BCUT2D eigenvalue weighted by molar-refractivity contribution is 5.62. The molecular weight excluding hydrogens is 1530 g/mol. The third-order valence-corrected chi connectivity index (χ3v) is 21.6. The van der Waals surface area contributed by atoms with E-state index >= 15 is 0 Å². The molecule has 6 aromatic heterocycles. The van der Waals surface area contributed by atoms with E-state index in [0.717, 1.165) is 132 Å². The lowest BCUT2D eigenvalue weighted by Crippen LogP contribution is -2.45. The van der Waals surface area contributed by atoms with Crippen molar-refractivity contribution in [1.82, 2.24) is 59.4 Å². The van der Waals surface area contributed by atoms with E-state index in [1.54, 1.807) is 44.0 Å². The molecule has 4 N–H and O–H groups in total.